The molecule has 19 heavy (non-hydrogen) atoms. The molecule has 2 N–H and O–H groups in total. The minimum absolute atomic E-state index is 0.147. The van der Waals surface area contributed by atoms with E-state index in [1.165, 1.54) is 6.92 Å². The number of hydrogen-bond donors (Lipinski definition) is 2. The third-order valence-corrected chi connectivity index (χ3v) is 3.79. The second-order valence-electron chi connectivity index (χ2n) is 4.13. The lowest BCUT2D eigenvalue weighted by atomic mass is 10.1. The van der Waals surface area contributed by atoms with Crippen LogP contribution in [0, 0.1) is 17.6 Å². The summed E-state index contributed by atoms with van der Waals surface area (Å²) in [5.41, 5.74) is 0. The fourth-order valence-electron chi connectivity index (χ4n) is 1.39. The van der Waals surface area contributed by atoms with E-state index in [-0.39, 0.29) is 13.0 Å². The molecule has 1 atom stereocenters. The van der Waals surface area contributed by atoms with Crippen molar-refractivity contribution in [2.45, 2.75) is 18.2 Å². The van der Waals surface area contributed by atoms with Crippen molar-refractivity contribution >= 4 is 16.0 Å². The van der Waals surface area contributed by atoms with Crippen LogP contribution in [-0.2, 0) is 14.8 Å². The fourth-order valence-corrected chi connectivity index (χ4v) is 2.62. The molecule has 5 nitrogen and oxygen atoms in total. The van der Waals surface area contributed by atoms with Crippen molar-refractivity contribution in [2.24, 2.45) is 5.92 Å². The molecule has 0 radical (unpaired) electrons. The van der Waals surface area contributed by atoms with Gasteiger partial charge in [-0.25, -0.2) is 21.9 Å². The Hall–Kier alpha value is -1.54. The lowest BCUT2D eigenvalue weighted by Crippen LogP contribution is -2.30. The van der Waals surface area contributed by atoms with Crippen LogP contribution < -0.4 is 4.72 Å². The minimum atomic E-state index is -4.12. The third kappa shape index (κ3) is 4.56. The zero-order valence-corrected chi connectivity index (χ0v) is 10.9. The average Bonchev–Trinajstić information content (AvgIpc) is 2.25. The molecule has 0 aliphatic heterocycles. The zero-order valence-electron chi connectivity index (χ0n) is 10.1. The van der Waals surface area contributed by atoms with Crippen molar-refractivity contribution in [1.29, 1.82) is 0 Å². The van der Waals surface area contributed by atoms with Crippen LogP contribution in [0.15, 0.2) is 23.1 Å². The van der Waals surface area contributed by atoms with E-state index < -0.39 is 38.4 Å². The smallest absolute Gasteiger partial charge is 0.303 e. The van der Waals surface area contributed by atoms with E-state index in [2.05, 4.69) is 4.72 Å². The largest absolute Gasteiger partial charge is 0.481 e. The van der Waals surface area contributed by atoms with Gasteiger partial charge in [0.1, 0.15) is 16.5 Å². The molecule has 0 amide bonds. The van der Waals surface area contributed by atoms with Crippen LogP contribution >= 0.6 is 0 Å². The number of carbonyl (C=O) groups is 1. The first-order chi connectivity index (χ1) is 8.72. The van der Waals surface area contributed by atoms with Gasteiger partial charge in [0.05, 0.1) is 0 Å². The molecule has 1 aromatic carbocycles. The molecule has 1 rings (SSSR count). The van der Waals surface area contributed by atoms with E-state index in [1.54, 1.807) is 0 Å². The van der Waals surface area contributed by atoms with Gasteiger partial charge < -0.3 is 5.11 Å². The predicted molar refractivity (Wildman–Crippen MR) is 63.0 cm³/mol. The highest BCUT2D eigenvalue weighted by Gasteiger charge is 2.20. The molecule has 1 aromatic rings. The molecule has 0 heterocycles. The van der Waals surface area contributed by atoms with E-state index in [0.29, 0.717) is 6.07 Å². The topological polar surface area (TPSA) is 83.5 Å². The summed E-state index contributed by atoms with van der Waals surface area (Å²) in [6.45, 7) is 1.39. The van der Waals surface area contributed by atoms with Crippen LogP contribution in [0.2, 0.25) is 0 Å². The number of aliphatic carboxylic acids is 1. The van der Waals surface area contributed by atoms with Gasteiger partial charge >= 0.3 is 5.97 Å². The lowest BCUT2D eigenvalue weighted by molar-refractivity contribution is -0.137. The van der Waals surface area contributed by atoms with Gasteiger partial charge in [-0.3, -0.25) is 4.79 Å². The van der Waals surface area contributed by atoms with Crippen molar-refractivity contribution < 1.29 is 27.1 Å². The Morgan fingerprint density at radius 2 is 2.05 bits per heavy atom. The SMILES string of the molecule is CC(CNS(=O)(=O)c1ccc(F)cc1F)CC(=O)O. The predicted octanol–water partition coefficient (Wildman–Crippen LogP) is 1.35. The van der Waals surface area contributed by atoms with Crippen LogP contribution in [-0.4, -0.2) is 26.0 Å². The number of nitrogens with one attached hydrogen (secondary N) is 1. The maximum atomic E-state index is 13.3. The molecule has 0 aromatic heterocycles. The second-order valence-corrected chi connectivity index (χ2v) is 5.87. The van der Waals surface area contributed by atoms with Crippen molar-refractivity contribution in [3.63, 3.8) is 0 Å². The third-order valence-electron chi connectivity index (χ3n) is 2.33. The van der Waals surface area contributed by atoms with Gasteiger partial charge in [0.15, 0.2) is 0 Å². The summed E-state index contributed by atoms with van der Waals surface area (Å²) in [5, 5.41) is 8.53. The van der Waals surface area contributed by atoms with E-state index >= 15 is 0 Å². The zero-order chi connectivity index (χ0) is 14.6. The minimum Gasteiger partial charge on any atom is -0.481 e. The summed E-state index contributed by atoms with van der Waals surface area (Å²) in [6.07, 6.45) is -0.214. The Morgan fingerprint density at radius 1 is 1.42 bits per heavy atom. The molecule has 0 spiro atoms. The Bertz CT molecular complexity index is 574. The first-order valence-electron chi connectivity index (χ1n) is 5.39. The van der Waals surface area contributed by atoms with E-state index in [1.807, 2.05) is 0 Å². The van der Waals surface area contributed by atoms with Crippen molar-refractivity contribution in [3.05, 3.63) is 29.8 Å². The molecule has 0 saturated carbocycles. The van der Waals surface area contributed by atoms with Crippen LogP contribution in [0.25, 0.3) is 0 Å². The van der Waals surface area contributed by atoms with Crippen LogP contribution in [0.1, 0.15) is 13.3 Å². The highest BCUT2D eigenvalue weighted by atomic mass is 32.2. The molecule has 0 aliphatic rings. The lowest BCUT2D eigenvalue weighted by Gasteiger charge is -2.11. The summed E-state index contributed by atoms with van der Waals surface area (Å²) in [6, 6.07) is 2.11. The normalized spacial score (nSPS) is 13.2. The monoisotopic (exact) mass is 293 g/mol. The Balaban J connectivity index is 2.79. The van der Waals surface area contributed by atoms with Gasteiger partial charge in [-0.15, -0.1) is 0 Å². The molecule has 0 aliphatic carbocycles. The van der Waals surface area contributed by atoms with Gasteiger partial charge in [0.2, 0.25) is 10.0 Å². The van der Waals surface area contributed by atoms with E-state index in [9.17, 15) is 22.0 Å². The molecule has 8 heteroatoms. The number of carboxylic acid groups (broad SMARTS) is 1. The number of halogens is 2. The highest BCUT2D eigenvalue weighted by molar-refractivity contribution is 7.89. The summed E-state index contributed by atoms with van der Waals surface area (Å²) >= 11 is 0. The van der Waals surface area contributed by atoms with Crippen molar-refractivity contribution in [1.82, 2.24) is 4.72 Å². The van der Waals surface area contributed by atoms with Crippen molar-refractivity contribution in [3.8, 4) is 0 Å². The maximum Gasteiger partial charge on any atom is 0.303 e. The molecule has 0 bridgehead atoms. The number of benzene rings is 1. The molecular weight excluding hydrogens is 280 g/mol. The first kappa shape index (κ1) is 15.5. The highest BCUT2D eigenvalue weighted by Crippen LogP contribution is 2.15. The van der Waals surface area contributed by atoms with Crippen LogP contribution in [0.3, 0.4) is 0 Å². The summed E-state index contributed by atoms with van der Waals surface area (Å²) in [5.74, 6) is -3.58. The summed E-state index contributed by atoms with van der Waals surface area (Å²) < 4.78 is 51.6. The van der Waals surface area contributed by atoms with E-state index in [4.69, 9.17) is 5.11 Å². The van der Waals surface area contributed by atoms with E-state index in [0.717, 1.165) is 12.1 Å². The molecular formula is C11H13F2NO4S. The number of rotatable bonds is 6. The van der Waals surface area contributed by atoms with Crippen molar-refractivity contribution in [2.75, 3.05) is 6.54 Å². The molecule has 0 saturated heterocycles. The standard InChI is InChI=1S/C11H13F2NO4S/c1-7(4-11(15)16)6-14-19(17,18)10-3-2-8(12)5-9(10)13/h2-3,5,7,14H,4,6H2,1H3,(H,15,16). The summed E-state index contributed by atoms with van der Waals surface area (Å²) in [7, 11) is -4.12. The maximum absolute atomic E-state index is 13.3. The van der Waals surface area contributed by atoms with Gasteiger partial charge in [0.25, 0.3) is 0 Å². The fraction of sp³-hybridized carbons (Fsp3) is 0.364. The average molecular weight is 293 g/mol. The summed E-state index contributed by atoms with van der Waals surface area (Å²) in [4.78, 5) is 9.75. The number of carboxylic acids is 1. The van der Waals surface area contributed by atoms with Crippen LogP contribution in [0.5, 0.6) is 0 Å². The van der Waals surface area contributed by atoms with Gasteiger partial charge in [0, 0.05) is 19.0 Å². The van der Waals surface area contributed by atoms with Gasteiger partial charge in [-0.1, -0.05) is 6.92 Å². The van der Waals surface area contributed by atoms with Crippen LogP contribution in [0.4, 0.5) is 8.78 Å². The quantitative estimate of drug-likeness (QED) is 0.829. The van der Waals surface area contributed by atoms with Gasteiger partial charge in [-0.2, -0.15) is 0 Å². The molecule has 1 unspecified atom stereocenters. The Kier molecular flexibility index (Phi) is 4.96. The molecule has 0 fully saturated rings. The molecule has 106 valence electrons. The Labute approximate surface area is 109 Å². The number of sulfonamides is 1. The first-order valence-corrected chi connectivity index (χ1v) is 6.87. The second kappa shape index (κ2) is 6.07. The van der Waals surface area contributed by atoms with Gasteiger partial charge in [-0.05, 0) is 18.1 Å². The number of hydrogen-bond acceptors (Lipinski definition) is 3. The Morgan fingerprint density at radius 3 is 2.58 bits per heavy atom.